The molecule has 0 nitrogen and oxygen atoms in total. The van der Waals surface area contributed by atoms with Gasteiger partial charge in [0, 0.05) is 5.92 Å². The van der Waals surface area contributed by atoms with Crippen molar-refractivity contribution in [3.05, 3.63) is 40.8 Å². The topological polar surface area (TPSA) is 0 Å². The van der Waals surface area contributed by atoms with Crippen LogP contribution in [-0.4, -0.2) is 0 Å². The summed E-state index contributed by atoms with van der Waals surface area (Å²) in [6.45, 7) is 8.59. The third-order valence-corrected chi connectivity index (χ3v) is 3.23. The molecule has 0 aliphatic rings. The molecule has 1 unspecified atom stereocenters. The molecule has 79 valence electrons. The largest absolute Gasteiger partial charge is 0.0809 e. The molecular weight excluding hydrogens is 180 g/mol. The molecule has 1 atom stereocenters. The van der Waals surface area contributed by atoms with Crippen LogP contribution in [0.5, 0.6) is 0 Å². The molecule has 0 aromatic heterocycles. The predicted octanol–water partition coefficient (Wildman–Crippen LogP) is 4.09. The van der Waals surface area contributed by atoms with Gasteiger partial charge in [-0.3, -0.25) is 0 Å². The van der Waals surface area contributed by atoms with E-state index in [-0.39, 0.29) is 5.92 Å². The average molecular weight is 199 g/mol. The molecule has 15 heavy (non-hydrogen) atoms. The van der Waals surface area contributed by atoms with Crippen LogP contribution in [0.3, 0.4) is 0 Å². The van der Waals surface area contributed by atoms with E-state index in [2.05, 4.69) is 45.7 Å². The van der Waals surface area contributed by atoms with Gasteiger partial charge in [0.05, 0.1) is 0 Å². The fourth-order valence-corrected chi connectivity index (χ4v) is 1.95. The highest BCUT2D eigenvalue weighted by Gasteiger charge is 2.12. The van der Waals surface area contributed by atoms with E-state index >= 15 is 0 Å². The first-order chi connectivity index (χ1) is 7.11. The van der Waals surface area contributed by atoms with Crippen LogP contribution in [0.4, 0.5) is 0 Å². The van der Waals surface area contributed by atoms with E-state index in [9.17, 15) is 0 Å². The Morgan fingerprint density at radius 2 is 1.87 bits per heavy atom. The van der Waals surface area contributed by atoms with Gasteiger partial charge in [-0.25, -0.2) is 0 Å². The molecule has 0 bridgehead atoms. The van der Waals surface area contributed by atoms with Crippen molar-refractivity contribution in [2.24, 2.45) is 0 Å². The summed E-state index contributed by atoms with van der Waals surface area (Å²) in [5.41, 5.74) is 5.28. The Bertz CT molecular complexity index is 380. The van der Waals surface area contributed by atoms with Crippen LogP contribution in [-0.2, 0) is 0 Å². The van der Waals surface area contributed by atoms with Gasteiger partial charge < -0.3 is 0 Å². The van der Waals surface area contributed by atoms with Gasteiger partial charge in [-0.1, -0.05) is 31.4 Å². The predicted molar refractivity (Wildman–Crippen MR) is 65.4 cm³/mol. The zero-order valence-electron chi connectivity index (χ0n) is 10.1. The lowest BCUT2D eigenvalue weighted by molar-refractivity contribution is 0.729. The summed E-state index contributed by atoms with van der Waals surface area (Å²) in [5.74, 6) is 2.83. The number of hydrogen-bond donors (Lipinski definition) is 0. The molecular formula is C15H19. The summed E-state index contributed by atoms with van der Waals surface area (Å²) < 4.78 is 0. The van der Waals surface area contributed by atoms with Gasteiger partial charge in [0.2, 0.25) is 0 Å². The molecule has 1 rings (SSSR count). The standard InChI is InChI=1S/C15H19/c1-6-8-14(7-2)15-10-9-11(3)12(4)13(15)5/h9-10,14H,6,8H2,1,3-5H3. The highest BCUT2D eigenvalue weighted by molar-refractivity contribution is 5.42. The van der Waals surface area contributed by atoms with Crippen molar-refractivity contribution in [1.29, 1.82) is 0 Å². The van der Waals surface area contributed by atoms with Crippen molar-refractivity contribution in [1.82, 2.24) is 0 Å². The normalized spacial score (nSPS) is 12.2. The van der Waals surface area contributed by atoms with Gasteiger partial charge >= 0.3 is 0 Å². The van der Waals surface area contributed by atoms with E-state index < -0.39 is 0 Å². The molecule has 0 amide bonds. The Morgan fingerprint density at radius 1 is 1.20 bits per heavy atom. The van der Waals surface area contributed by atoms with E-state index in [1.165, 1.54) is 22.3 Å². The molecule has 1 aromatic carbocycles. The second kappa shape index (κ2) is 5.03. The van der Waals surface area contributed by atoms with Crippen molar-refractivity contribution in [2.75, 3.05) is 0 Å². The molecule has 1 aromatic rings. The lowest BCUT2D eigenvalue weighted by Gasteiger charge is -2.16. The van der Waals surface area contributed by atoms with Crippen LogP contribution < -0.4 is 0 Å². The summed E-state index contributed by atoms with van der Waals surface area (Å²) in [5, 5.41) is 0. The van der Waals surface area contributed by atoms with Crippen LogP contribution in [0, 0.1) is 33.1 Å². The monoisotopic (exact) mass is 199 g/mol. The van der Waals surface area contributed by atoms with E-state index in [1.54, 1.807) is 0 Å². The zero-order chi connectivity index (χ0) is 11.4. The van der Waals surface area contributed by atoms with E-state index in [1.807, 2.05) is 0 Å². The van der Waals surface area contributed by atoms with Gasteiger partial charge in [-0.2, -0.15) is 0 Å². The molecule has 0 heteroatoms. The lowest BCUT2D eigenvalue weighted by Crippen LogP contribution is -2.01. The van der Waals surface area contributed by atoms with E-state index in [0.29, 0.717) is 0 Å². The van der Waals surface area contributed by atoms with E-state index in [0.717, 1.165) is 12.8 Å². The summed E-state index contributed by atoms with van der Waals surface area (Å²) in [6, 6.07) is 4.30. The Balaban J connectivity index is 3.15. The molecule has 0 spiro atoms. The Morgan fingerprint density at radius 3 is 2.40 bits per heavy atom. The van der Waals surface area contributed by atoms with Crippen molar-refractivity contribution >= 4 is 0 Å². The first kappa shape index (κ1) is 11.9. The van der Waals surface area contributed by atoms with Gasteiger partial charge in [0.1, 0.15) is 0 Å². The molecule has 0 aliphatic carbocycles. The third-order valence-electron chi connectivity index (χ3n) is 3.23. The molecule has 0 heterocycles. The van der Waals surface area contributed by atoms with Crippen molar-refractivity contribution < 1.29 is 0 Å². The fraction of sp³-hybridized carbons (Fsp3) is 0.467. The van der Waals surface area contributed by atoms with Gasteiger partial charge in [-0.05, 0) is 55.9 Å². The highest BCUT2D eigenvalue weighted by Crippen LogP contribution is 2.27. The molecule has 0 saturated carbocycles. The lowest BCUT2D eigenvalue weighted by atomic mass is 9.88. The van der Waals surface area contributed by atoms with Crippen LogP contribution in [0.1, 0.15) is 47.9 Å². The fourth-order valence-electron chi connectivity index (χ4n) is 1.95. The maximum absolute atomic E-state index is 7.37. The van der Waals surface area contributed by atoms with Gasteiger partial charge in [0.25, 0.3) is 0 Å². The number of aryl methyl sites for hydroxylation is 1. The number of hydrogen-bond acceptors (Lipinski definition) is 0. The van der Waals surface area contributed by atoms with Gasteiger partial charge in [0.15, 0.2) is 0 Å². The van der Waals surface area contributed by atoms with Crippen LogP contribution in [0.15, 0.2) is 12.1 Å². The minimum Gasteiger partial charge on any atom is -0.0809 e. The van der Waals surface area contributed by atoms with E-state index in [4.69, 9.17) is 6.42 Å². The Hall–Kier alpha value is -1.22. The molecule has 0 fully saturated rings. The Kier molecular flexibility index (Phi) is 3.97. The SMILES string of the molecule is [C]#CC(CCC)c1ccc(C)c(C)c1C. The highest BCUT2D eigenvalue weighted by atomic mass is 14.2. The number of benzene rings is 1. The summed E-state index contributed by atoms with van der Waals surface area (Å²) in [4.78, 5) is 0. The third kappa shape index (κ3) is 2.42. The zero-order valence-corrected chi connectivity index (χ0v) is 10.1. The molecule has 0 N–H and O–H groups in total. The van der Waals surface area contributed by atoms with Crippen LogP contribution in [0.25, 0.3) is 0 Å². The second-order valence-corrected chi connectivity index (χ2v) is 4.21. The van der Waals surface area contributed by atoms with Crippen LogP contribution >= 0.6 is 0 Å². The quantitative estimate of drug-likeness (QED) is 0.643. The average Bonchev–Trinajstić information content (AvgIpc) is 2.24. The maximum atomic E-state index is 7.37. The second-order valence-electron chi connectivity index (χ2n) is 4.21. The summed E-state index contributed by atoms with van der Waals surface area (Å²) in [7, 11) is 0. The van der Waals surface area contributed by atoms with Crippen molar-refractivity contribution in [3.63, 3.8) is 0 Å². The number of rotatable bonds is 3. The van der Waals surface area contributed by atoms with Crippen LogP contribution in [0.2, 0.25) is 0 Å². The minimum absolute atomic E-state index is 0.175. The first-order valence-electron chi connectivity index (χ1n) is 5.60. The molecule has 0 saturated heterocycles. The minimum atomic E-state index is 0.175. The Labute approximate surface area is 93.7 Å². The van der Waals surface area contributed by atoms with Crippen molar-refractivity contribution in [3.8, 4) is 5.92 Å². The van der Waals surface area contributed by atoms with Crippen molar-refractivity contribution in [2.45, 2.75) is 46.5 Å². The maximum Gasteiger partial charge on any atom is 0.0465 e. The smallest absolute Gasteiger partial charge is 0.0465 e. The summed E-state index contributed by atoms with van der Waals surface area (Å²) in [6.07, 6.45) is 9.49. The molecule has 1 radical (unpaired) electrons. The summed E-state index contributed by atoms with van der Waals surface area (Å²) >= 11 is 0. The molecule has 0 aliphatic heterocycles. The first-order valence-corrected chi connectivity index (χ1v) is 5.60. The van der Waals surface area contributed by atoms with Gasteiger partial charge in [-0.15, -0.1) is 0 Å².